The van der Waals surface area contributed by atoms with Crippen molar-refractivity contribution in [2.45, 2.75) is 31.2 Å². The fourth-order valence-electron chi connectivity index (χ4n) is 2.30. The van der Waals surface area contributed by atoms with Crippen molar-refractivity contribution in [1.82, 2.24) is 4.72 Å². The summed E-state index contributed by atoms with van der Waals surface area (Å²) in [6, 6.07) is 2.52. The maximum atomic E-state index is 12.5. The molecule has 1 aliphatic heterocycles. The van der Waals surface area contributed by atoms with E-state index in [0.29, 0.717) is 37.1 Å². The van der Waals surface area contributed by atoms with Crippen molar-refractivity contribution in [3.05, 3.63) is 17.2 Å². The predicted octanol–water partition coefficient (Wildman–Crippen LogP) is 2.18. The average Bonchev–Trinajstić information content (AvgIpc) is 2.44. The molecule has 1 unspecified atom stereocenters. The van der Waals surface area contributed by atoms with Crippen molar-refractivity contribution in [2.24, 2.45) is 11.7 Å². The highest BCUT2D eigenvalue weighted by Gasteiger charge is 2.25. The molecule has 0 spiro atoms. The summed E-state index contributed by atoms with van der Waals surface area (Å²) in [7, 11) is -3.78. The molecule has 3 N–H and O–H groups in total. The molecule has 1 heterocycles. The van der Waals surface area contributed by atoms with E-state index in [9.17, 15) is 8.42 Å². The van der Waals surface area contributed by atoms with Crippen LogP contribution >= 0.6 is 24.0 Å². The van der Waals surface area contributed by atoms with Crippen LogP contribution in [-0.2, 0) is 10.0 Å². The van der Waals surface area contributed by atoms with E-state index in [-0.39, 0.29) is 34.9 Å². The Bertz CT molecular complexity index is 638. The van der Waals surface area contributed by atoms with Crippen LogP contribution in [-0.4, -0.2) is 34.2 Å². The second kappa shape index (κ2) is 8.39. The maximum absolute atomic E-state index is 12.5. The SMILES string of the molecule is CC(C)CC(CN)NS(=O)(=O)c1cc2c(cc1Cl)OCCO2.Cl. The fourth-order valence-corrected chi connectivity index (χ4v) is 4.09. The molecule has 0 radical (unpaired) electrons. The van der Waals surface area contributed by atoms with Gasteiger partial charge in [-0.25, -0.2) is 13.1 Å². The number of fused-ring (bicyclic) bond motifs is 1. The summed E-state index contributed by atoms with van der Waals surface area (Å²) in [6.07, 6.45) is 0.651. The van der Waals surface area contributed by atoms with Gasteiger partial charge in [-0.1, -0.05) is 25.4 Å². The van der Waals surface area contributed by atoms with E-state index < -0.39 is 10.0 Å². The topological polar surface area (TPSA) is 90.7 Å². The molecule has 132 valence electrons. The van der Waals surface area contributed by atoms with Crippen LogP contribution in [0.5, 0.6) is 11.5 Å². The van der Waals surface area contributed by atoms with Crippen LogP contribution in [0.1, 0.15) is 20.3 Å². The lowest BCUT2D eigenvalue weighted by Gasteiger charge is -2.22. The predicted molar refractivity (Wildman–Crippen MR) is 92.3 cm³/mol. The Morgan fingerprint density at radius 2 is 1.83 bits per heavy atom. The fraction of sp³-hybridized carbons (Fsp3) is 0.571. The summed E-state index contributed by atoms with van der Waals surface area (Å²) in [6.45, 7) is 5.03. The summed E-state index contributed by atoms with van der Waals surface area (Å²) in [5.74, 6) is 1.16. The number of hydrogen-bond acceptors (Lipinski definition) is 5. The second-order valence-electron chi connectivity index (χ2n) is 5.61. The Morgan fingerprint density at radius 3 is 2.35 bits per heavy atom. The number of benzene rings is 1. The summed E-state index contributed by atoms with van der Waals surface area (Å²) >= 11 is 6.09. The van der Waals surface area contributed by atoms with Crippen LogP contribution < -0.4 is 19.9 Å². The molecule has 23 heavy (non-hydrogen) atoms. The van der Waals surface area contributed by atoms with Crippen LogP contribution in [0, 0.1) is 5.92 Å². The van der Waals surface area contributed by atoms with Crippen LogP contribution in [0.25, 0.3) is 0 Å². The molecular formula is C14H22Cl2N2O4S. The molecule has 0 bridgehead atoms. The Balaban J connectivity index is 0.00000264. The molecule has 0 saturated carbocycles. The van der Waals surface area contributed by atoms with Gasteiger partial charge in [0.25, 0.3) is 0 Å². The number of nitrogens with two attached hydrogens (primary N) is 1. The molecule has 1 atom stereocenters. The molecule has 0 fully saturated rings. The molecular weight excluding hydrogens is 363 g/mol. The Kier molecular flexibility index (Phi) is 7.41. The van der Waals surface area contributed by atoms with Gasteiger partial charge in [-0.3, -0.25) is 0 Å². The normalized spacial score (nSPS) is 15.2. The summed E-state index contributed by atoms with van der Waals surface area (Å²) < 4.78 is 38.5. The van der Waals surface area contributed by atoms with E-state index >= 15 is 0 Å². The van der Waals surface area contributed by atoms with Crippen LogP contribution in [0.4, 0.5) is 0 Å². The first kappa shape index (κ1) is 20.3. The van der Waals surface area contributed by atoms with Crippen molar-refractivity contribution in [3.8, 4) is 11.5 Å². The van der Waals surface area contributed by atoms with E-state index in [1.165, 1.54) is 12.1 Å². The highest BCUT2D eigenvalue weighted by Crippen LogP contribution is 2.37. The van der Waals surface area contributed by atoms with Crippen molar-refractivity contribution in [1.29, 1.82) is 0 Å². The molecule has 0 amide bonds. The lowest BCUT2D eigenvalue weighted by Crippen LogP contribution is -2.41. The number of nitrogens with one attached hydrogen (secondary N) is 1. The first-order valence-electron chi connectivity index (χ1n) is 7.15. The quantitative estimate of drug-likeness (QED) is 0.784. The van der Waals surface area contributed by atoms with Crippen LogP contribution in [0.15, 0.2) is 17.0 Å². The first-order chi connectivity index (χ1) is 10.3. The van der Waals surface area contributed by atoms with Gasteiger partial charge >= 0.3 is 0 Å². The molecule has 6 nitrogen and oxygen atoms in total. The van der Waals surface area contributed by atoms with Gasteiger partial charge in [0.1, 0.15) is 18.1 Å². The Morgan fingerprint density at radius 1 is 1.26 bits per heavy atom. The average molecular weight is 385 g/mol. The minimum atomic E-state index is -3.78. The van der Waals surface area contributed by atoms with Gasteiger partial charge in [0.15, 0.2) is 11.5 Å². The highest BCUT2D eigenvalue weighted by molar-refractivity contribution is 7.89. The van der Waals surface area contributed by atoms with Gasteiger partial charge in [0.2, 0.25) is 10.0 Å². The molecule has 0 saturated heterocycles. The number of rotatable bonds is 6. The van der Waals surface area contributed by atoms with E-state index in [1.54, 1.807) is 0 Å². The molecule has 0 aromatic heterocycles. The van der Waals surface area contributed by atoms with Crippen molar-refractivity contribution >= 4 is 34.0 Å². The van der Waals surface area contributed by atoms with Crippen molar-refractivity contribution in [3.63, 3.8) is 0 Å². The Labute approximate surface area is 148 Å². The van der Waals surface area contributed by atoms with Gasteiger partial charge in [0, 0.05) is 24.7 Å². The third kappa shape index (κ3) is 5.12. The largest absolute Gasteiger partial charge is 0.486 e. The molecule has 2 rings (SSSR count). The second-order valence-corrected chi connectivity index (χ2v) is 7.70. The zero-order chi connectivity index (χ0) is 16.3. The third-order valence-electron chi connectivity index (χ3n) is 3.25. The maximum Gasteiger partial charge on any atom is 0.242 e. The monoisotopic (exact) mass is 384 g/mol. The zero-order valence-electron chi connectivity index (χ0n) is 13.0. The molecule has 1 aromatic carbocycles. The summed E-state index contributed by atoms with van der Waals surface area (Å²) in [5.41, 5.74) is 5.65. The van der Waals surface area contributed by atoms with Gasteiger partial charge in [-0.05, 0) is 12.3 Å². The van der Waals surface area contributed by atoms with Gasteiger partial charge in [-0.2, -0.15) is 0 Å². The molecule has 1 aromatic rings. The van der Waals surface area contributed by atoms with Crippen LogP contribution in [0.3, 0.4) is 0 Å². The van der Waals surface area contributed by atoms with Gasteiger partial charge in [-0.15, -0.1) is 12.4 Å². The molecule has 9 heteroatoms. The zero-order valence-corrected chi connectivity index (χ0v) is 15.4. The van der Waals surface area contributed by atoms with Crippen molar-refractivity contribution < 1.29 is 17.9 Å². The number of hydrogen-bond donors (Lipinski definition) is 2. The molecule has 0 aliphatic carbocycles. The van der Waals surface area contributed by atoms with Crippen LogP contribution in [0.2, 0.25) is 5.02 Å². The van der Waals surface area contributed by atoms with E-state index in [0.717, 1.165) is 0 Å². The number of sulfonamides is 1. The third-order valence-corrected chi connectivity index (χ3v) is 5.23. The number of ether oxygens (including phenoxy) is 2. The highest BCUT2D eigenvalue weighted by atomic mass is 35.5. The molecule has 1 aliphatic rings. The first-order valence-corrected chi connectivity index (χ1v) is 9.01. The smallest absolute Gasteiger partial charge is 0.242 e. The standard InChI is InChI=1S/C14H21ClN2O4S.ClH/c1-9(2)5-10(8-16)17-22(18,19)14-7-13-12(6-11(14)15)20-3-4-21-13;/h6-7,9-10,17H,3-5,8,16H2,1-2H3;1H. The van der Waals surface area contributed by atoms with E-state index in [4.69, 9.17) is 26.8 Å². The van der Waals surface area contributed by atoms with E-state index in [1.807, 2.05) is 13.8 Å². The lowest BCUT2D eigenvalue weighted by atomic mass is 10.1. The number of halogens is 2. The minimum absolute atomic E-state index is 0. The summed E-state index contributed by atoms with van der Waals surface area (Å²) in [4.78, 5) is -0.0272. The van der Waals surface area contributed by atoms with Crippen molar-refractivity contribution in [2.75, 3.05) is 19.8 Å². The summed E-state index contributed by atoms with van der Waals surface area (Å²) in [5, 5.41) is 0.0945. The van der Waals surface area contributed by atoms with E-state index in [2.05, 4.69) is 4.72 Å². The minimum Gasteiger partial charge on any atom is -0.486 e. The van der Waals surface area contributed by atoms with Gasteiger partial charge in [0.05, 0.1) is 5.02 Å². The lowest BCUT2D eigenvalue weighted by molar-refractivity contribution is 0.171. The van der Waals surface area contributed by atoms with Gasteiger partial charge < -0.3 is 15.2 Å². The Hall–Kier alpha value is -0.730.